The second-order valence-corrected chi connectivity index (χ2v) is 4.73. The molecule has 3 aromatic rings. The van der Waals surface area contributed by atoms with E-state index in [1.54, 1.807) is 24.7 Å². The second kappa shape index (κ2) is 5.19. The van der Waals surface area contributed by atoms with Gasteiger partial charge in [0, 0.05) is 18.0 Å². The molecule has 1 aromatic carbocycles. The maximum Gasteiger partial charge on any atom is 0.222 e. The fraction of sp³-hybridized carbons (Fsp3) is 0. The summed E-state index contributed by atoms with van der Waals surface area (Å²) in [5.74, 6) is -0.0937. The Morgan fingerprint density at radius 2 is 1.75 bits per heavy atom. The molecule has 0 radical (unpaired) electrons. The Morgan fingerprint density at radius 3 is 2.45 bits per heavy atom. The van der Waals surface area contributed by atoms with E-state index in [2.05, 4.69) is 19.9 Å². The molecule has 0 aliphatic heterocycles. The number of hydrogen-bond donors (Lipinski definition) is 1. The van der Waals surface area contributed by atoms with Gasteiger partial charge in [-0.3, -0.25) is 0 Å². The Labute approximate surface area is 123 Å². The highest BCUT2D eigenvalue weighted by atomic mass is 35.5. The molecule has 100 valence electrons. The number of rotatable bonds is 2. The molecular formula is C13H7Cl2FN4. The van der Waals surface area contributed by atoms with Gasteiger partial charge in [-0.15, -0.1) is 0 Å². The summed E-state index contributed by atoms with van der Waals surface area (Å²) in [6, 6.07) is 4.47. The van der Waals surface area contributed by atoms with Crippen LogP contribution in [0.2, 0.25) is 10.3 Å². The van der Waals surface area contributed by atoms with Crippen molar-refractivity contribution in [3.63, 3.8) is 0 Å². The maximum atomic E-state index is 13.8. The molecule has 0 aliphatic carbocycles. The standard InChI is InChI=1S/C13H7Cl2FN4/c14-8-2-1-3-9(16)11(8)12-17-6-10(20-12)7-4-18-13(15)19-5-7/h1-6H,(H,17,20). The van der Waals surface area contributed by atoms with Gasteiger partial charge in [0.25, 0.3) is 0 Å². The molecule has 0 atom stereocenters. The minimum Gasteiger partial charge on any atom is -0.338 e. The van der Waals surface area contributed by atoms with E-state index in [-0.39, 0.29) is 10.8 Å². The normalized spacial score (nSPS) is 10.8. The molecule has 2 heterocycles. The third-order valence-corrected chi connectivity index (χ3v) is 3.22. The molecule has 0 aliphatic rings. The number of nitrogens with one attached hydrogen (secondary N) is 1. The molecule has 0 saturated carbocycles. The van der Waals surface area contributed by atoms with Crippen molar-refractivity contribution < 1.29 is 4.39 Å². The van der Waals surface area contributed by atoms with Crippen LogP contribution in [0.5, 0.6) is 0 Å². The number of imidazole rings is 1. The Bertz CT molecular complexity index is 735. The van der Waals surface area contributed by atoms with Crippen LogP contribution in [0.3, 0.4) is 0 Å². The Hall–Kier alpha value is -1.98. The monoisotopic (exact) mass is 308 g/mol. The molecule has 0 spiro atoms. The molecular weight excluding hydrogens is 302 g/mol. The van der Waals surface area contributed by atoms with Crippen molar-refractivity contribution >= 4 is 23.2 Å². The van der Waals surface area contributed by atoms with Gasteiger partial charge in [-0.1, -0.05) is 17.7 Å². The second-order valence-electron chi connectivity index (χ2n) is 3.98. The molecule has 0 saturated heterocycles. The fourth-order valence-corrected chi connectivity index (χ4v) is 2.12. The van der Waals surface area contributed by atoms with Crippen LogP contribution in [0.25, 0.3) is 22.6 Å². The molecule has 1 N–H and O–H groups in total. The molecule has 0 bridgehead atoms. The topological polar surface area (TPSA) is 54.5 Å². The number of benzene rings is 1. The van der Waals surface area contributed by atoms with E-state index >= 15 is 0 Å². The summed E-state index contributed by atoms with van der Waals surface area (Å²) in [6.45, 7) is 0. The summed E-state index contributed by atoms with van der Waals surface area (Å²) >= 11 is 11.6. The molecule has 2 aromatic heterocycles. The van der Waals surface area contributed by atoms with Gasteiger partial charge in [-0.05, 0) is 23.7 Å². The lowest BCUT2D eigenvalue weighted by Crippen LogP contribution is -1.88. The number of nitrogens with zero attached hydrogens (tertiary/aromatic N) is 3. The summed E-state index contributed by atoms with van der Waals surface area (Å²) in [5, 5.41) is 0.448. The molecule has 0 amide bonds. The van der Waals surface area contributed by atoms with Gasteiger partial charge in [0.2, 0.25) is 5.28 Å². The van der Waals surface area contributed by atoms with Crippen molar-refractivity contribution in [3.8, 4) is 22.6 Å². The number of halogens is 3. The zero-order valence-electron chi connectivity index (χ0n) is 9.94. The number of H-pyrrole nitrogens is 1. The van der Waals surface area contributed by atoms with Crippen LogP contribution in [-0.4, -0.2) is 19.9 Å². The average Bonchev–Trinajstić information content (AvgIpc) is 2.89. The zero-order chi connectivity index (χ0) is 14.1. The number of hydrogen-bond acceptors (Lipinski definition) is 3. The van der Waals surface area contributed by atoms with Crippen molar-refractivity contribution in [2.24, 2.45) is 0 Å². The molecule has 20 heavy (non-hydrogen) atoms. The van der Waals surface area contributed by atoms with Crippen LogP contribution in [0.1, 0.15) is 0 Å². The van der Waals surface area contributed by atoms with Crippen LogP contribution < -0.4 is 0 Å². The third kappa shape index (κ3) is 2.37. The Morgan fingerprint density at radius 1 is 1.00 bits per heavy atom. The third-order valence-electron chi connectivity index (χ3n) is 2.71. The highest BCUT2D eigenvalue weighted by Gasteiger charge is 2.13. The first-order chi connectivity index (χ1) is 9.65. The van der Waals surface area contributed by atoms with Gasteiger partial charge in [0.15, 0.2) is 0 Å². The fourth-order valence-electron chi connectivity index (χ4n) is 1.77. The summed E-state index contributed by atoms with van der Waals surface area (Å²) < 4.78 is 13.8. The SMILES string of the molecule is Fc1cccc(Cl)c1-c1ncc(-c2cnc(Cl)nc2)[nH]1. The van der Waals surface area contributed by atoms with E-state index in [9.17, 15) is 4.39 Å². The van der Waals surface area contributed by atoms with Gasteiger partial charge < -0.3 is 4.98 Å². The summed E-state index contributed by atoms with van der Waals surface area (Å²) in [4.78, 5) is 14.9. The molecule has 0 fully saturated rings. The molecule has 4 nitrogen and oxygen atoms in total. The van der Waals surface area contributed by atoms with Gasteiger partial charge in [-0.25, -0.2) is 19.3 Å². The van der Waals surface area contributed by atoms with Crippen molar-refractivity contribution in [2.75, 3.05) is 0 Å². The lowest BCUT2D eigenvalue weighted by molar-refractivity contribution is 0.630. The van der Waals surface area contributed by atoms with Gasteiger partial charge in [-0.2, -0.15) is 0 Å². The first-order valence-electron chi connectivity index (χ1n) is 5.62. The molecule has 7 heteroatoms. The highest BCUT2D eigenvalue weighted by Crippen LogP contribution is 2.29. The number of aromatic amines is 1. The Balaban J connectivity index is 2.04. The highest BCUT2D eigenvalue weighted by molar-refractivity contribution is 6.33. The van der Waals surface area contributed by atoms with Crippen LogP contribution in [0.15, 0.2) is 36.8 Å². The summed E-state index contributed by atoms with van der Waals surface area (Å²) in [7, 11) is 0. The molecule has 3 rings (SSSR count). The van der Waals surface area contributed by atoms with Gasteiger partial charge >= 0.3 is 0 Å². The van der Waals surface area contributed by atoms with Crippen molar-refractivity contribution in [3.05, 3.63) is 52.9 Å². The van der Waals surface area contributed by atoms with E-state index in [1.165, 1.54) is 12.1 Å². The van der Waals surface area contributed by atoms with E-state index in [0.29, 0.717) is 22.1 Å². The Kier molecular flexibility index (Phi) is 3.38. The van der Waals surface area contributed by atoms with Crippen molar-refractivity contribution in [1.82, 2.24) is 19.9 Å². The van der Waals surface area contributed by atoms with Crippen LogP contribution >= 0.6 is 23.2 Å². The average molecular weight is 309 g/mol. The predicted octanol–water partition coefficient (Wildman–Crippen LogP) is 3.98. The van der Waals surface area contributed by atoms with Gasteiger partial charge in [0.1, 0.15) is 11.6 Å². The minimum atomic E-state index is -0.439. The molecule has 0 unspecified atom stereocenters. The minimum absolute atomic E-state index is 0.158. The number of aromatic nitrogens is 4. The first-order valence-corrected chi connectivity index (χ1v) is 6.38. The summed E-state index contributed by atoms with van der Waals surface area (Å²) in [5.41, 5.74) is 1.58. The van der Waals surface area contributed by atoms with E-state index in [4.69, 9.17) is 23.2 Å². The van der Waals surface area contributed by atoms with Crippen molar-refractivity contribution in [2.45, 2.75) is 0 Å². The quantitative estimate of drug-likeness (QED) is 0.729. The first kappa shape index (κ1) is 13.0. The summed E-state index contributed by atoms with van der Waals surface area (Å²) in [6.07, 6.45) is 4.66. The predicted molar refractivity (Wildman–Crippen MR) is 75.0 cm³/mol. The van der Waals surface area contributed by atoms with E-state index < -0.39 is 5.82 Å². The van der Waals surface area contributed by atoms with E-state index in [0.717, 1.165) is 0 Å². The lowest BCUT2D eigenvalue weighted by atomic mass is 10.2. The zero-order valence-corrected chi connectivity index (χ0v) is 11.5. The lowest BCUT2D eigenvalue weighted by Gasteiger charge is -2.02. The van der Waals surface area contributed by atoms with Gasteiger partial charge in [0.05, 0.1) is 22.5 Å². The largest absolute Gasteiger partial charge is 0.338 e. The smallest absolute Gasteiger partial charge is 0.222 e. The van der Waals surface area contributed by atoms with Crippen LogP contribution in [-0.2, 0) is 0 Å². The van der Waals surface area contributed by atoms with Crippen LogP contribution in [0.4, 0.5) is 4.39 Å². The van der Waals surface area contributed by atoms with E-state index in [1.807, 2.05) is 0 Å². The maximum absolute atomic E-state index is 13.8. The van der Waals surface area contributed by atoms with Crippen molar-refractivity contribution in [1.29, 1.82) is 0 Å². The van der Waals surface area contributed by atoms with Crippen LogP contribution in [0, 0.1) is 5.82 Å².